The number of amides is 2. The Hall–Kier alpha value is -3.26. The molecule has 2 aromatic carbocycles. The Bertz CT molecular complexity index is 784. The summed E-state index contributed by atoms with van der Waals surface area (Å²) in [6.45, 7) is 4.26. The second-order valence-electron chi connectivity index (χ2n) is 5.20. The number of hydrogen-bond donors (Lipinski definition) is 2. The molecule has 0 aliphatic rings. The van der Waals surface area contributed by atoms with Crippen molar-refractivity contribution in [1.82, 2.24) is 5.32 Å². The zero-order chi connectivity index (χ0) is 18.1. The van der Waals surface area contributed by atoms with Gasteiger partial charge in [-0.1, -0.05) is 24.0 Å². The summed E-state index contributed by atoms with van der Waals surface area (Å²) in [5.74, 6) is 6.58. The van der Waals surface area contributed by atoms with Gasteiger partial charge in [-0.3, -0.25) is 4.79 Å². The Labute approximate surface area is 147 Å². The van der Waals surface area contributed by atoms with E-state index >= 15 is 0 Å². The quantitative estimate of drug-likeness (QED) is 0.649. The molecule has 0 saturated heterocycles. The number of rotatable bonds is 5. The molecule has 5 nitrogen and oxygen atoms in total. The summed E-state index contributed by atoms with van der Waals surface area (Å²) in [4.78, 5) is 23.0. The molecule has 0 aliphatic heterocycles. The molecule has 2 aromatic rings. The zero-order valence-corrected chi connectivity index (χ0v) is 14.3. The maximum absolute atomic E-state index is 11.8. The van der Waals surface area contributed by atoms with Crippen molar-refractivity contribution in [2.45, 2.75) is 13.8 Å². The van der Waals surface area contributed by atoms with Crippen LogP contribution in [0.1, 0.15) is 29.8 Å². The maximum Gasteiger partial charge on any atom is 0.319 e. The number of benzene rings is 2. The number of anilines is 1. The molecule has 128 valence electrons. The second kappa shape index (κ2) is 9.14. The first-order valence-electron chi connectivity index (χ1n) is 7.96. The van der Waals surface area contributed by atoms with E-state index in [1.54, 1.807) is 48.5 Å². The van der Waals surface area contributed by atoms with Gasteiger partial charge in [0.15, 0.2) is 5.78 Å². The van der Waals surface area contributed by atoms with Gasteiger partial charge in [-0.25, -0.2) is 4.79 Å². The fourth-order valence-electron chi connectivity index (χ4n) is 2.04. The first-order chi connectivity index (χ1) is 12.1. The molecule has 2 N–H and O–H groups in total. The highest BCUT2D eigenvalue weighted by molar-refractivity contribution is 5.94. The van der Waals surface area contributed by atoms with E-state index < -0.39 is 0 Å². The van der Waals surface area contributed by atoms with Gasteiger partial charge in [0.05, 0.1) is 13.2 Å². The van der Waals surface area contributed by atoms with E-state index in [2.05, 4.69) is 22.5 Å². The van der Waals surface area contributed by atoms with Crippen LogP contribution in [0.3, 0.4) is 0 Å². The molecule has 2 rings (SSSR count). The smallest absolute Gasteiger partial charge is 0.319 e. The minimum absolute atomic E-state index is 0.0205. The molecule has 25 heavy (non-hydrogen) atoms. The molecule has 0 unspecified atom stereocenters. The summed E-state index contributed by atoms with van der Waals surface area (Å²) in [6.07, 6.45) is 0. The van der Waals surface area contributed by atoms with Crippen molar-refractivity contribution in [2.24, 2.45) is 0 Å². The molecule has 0 bridgehead atoms. The maximum atomic E-state index is 11.8. The number of carbonyl (C=O) groups is 2. The minimum atomic E-state index is -0.328. The Kier molecular flexibility index (Phi) is 6.61. The van der Waals surface area contributed by atoms with Crippen molar-refractivity contribution >= 4 is 17.5 Å². The standard InChI is InChI=1S/C20H20N2O3/c1-3-25-19-12-10-18(11-13-19)22-20(24)21-14-4-5-16-6-8-17(9-7-16)15(2)23/h6-13H,3,14H2,1-2H3,(H2,21,22,24). The van der Waals surface area contributed by atoms with Crippen molar-refractivity contribution < 1.29 is 14.3 Å². The van der Waals surface area contributed by atoms with Crippen LogP contribution in [0.5, 0.6) is 5.75 Å². The first kappa shape index (κ1) is 18.1. The van der Waals surface area contributed by atoms with Gasteiger partial charge >= 0.3 is 6.03 Å². The third kappa shape index (κ3) is 6.04. The normalized spacial score (nSPS) is 9.52. The van der Waals surface area contributed by atoms with Crippen LogP contribution in [-0.2, 0) is 0 Å². The second-order valence-corrected chi connectivity index (χ2v) is 5.20. The molecule has 0 aliphatic carbocycles. The van der Waals surface area contributed by atoms with Crippen molar-refractivity contribution in [2.75, 3.05) is 18.5 Å². The summed E-state index contributed by atoms with van der Waals surface area (Å²) in [5, 5.41) is 5.38. The molecule has 0 radical (unpaired) electrons. The Morgan fingerprint density at radius 2 is 1.72 bits per heavy atom. The Morgan fingerprint density at radius 3 is 2.32 bits per heavy atom. The van der Waals surface area contributed by atoms with Gasteiger partial charge in [-0.2, -0.15) is 0 Å². The van der Waals surface area contributed by atoms with Crippen molar-refractivity contribution in [3.05, 3.63) is 59.7 Å². The van der Waals surface area contributed by atoms with Crippen LogP contribution in [0.15, 0.2) is 48.5 Å². The molecular weight excluding hydrogens is 316 g/mol. The summed E-state index contributed by atoms with van der Waals surface area (Å²) in [5.41, 5.74) is 2.12. The molecule has 0 saturated carbocycles. The number of nitrogens with one attached hydrogen (secondary N) is 2. The Morgan fingerprint density at radius 1 is 1.04 bits per heavy atom. The number of Topliss-reactive ketones (excluding diaryl/α,β-unsaturated/α-hetero) is 1. The summed E-state index contributed by atoms with van der Waals surface area (Å²) >= 11 is 0. The van der Waals surface area contributed by atoms with Crippen LogP contribution in [0.25, 0.3) is 0 Å². The van der Waals surface area contributed by atoms with Gasteiger partial charge in [0.25, 0.3) is 0 Å². The number of urea groups is 1. The van der Waals surface area contributed by atoms with Crippen molar-refractivity contribution in [3.8, 4) is 17.6 Å². The lowest BCUT2D eigenvalue weighted by molar-refractivity contribution is 0.101. The third-order valence-electron chi connectivity index (χ3n) is 3.28. The first-order valence-corrected chi connectivity index (χ1v) is 7.96. The van der Waals surface area contributed by atoms with E-state index in [4.69, 9.17) is 4.74 Å². The van der Waals surface area contributed by atoms with Crippen LogP contribution in [0.2, 0.25) is 0 Å². The lowest BCUT2D eigenvalue weighted by atomic mass is 10.1. The highest BCUT2D eigenvalue weighted by atomic mass is 16.5. The predicted octanol–water partition coefficient (Wildman–Crippen LogP) is 3.46. The SMILES string of the molecule is CCOc1ccc(NC(=O)NCC#Cc2ccc(C(C)=O)cc2)cc1. The van der Waals surface area contributed by atoms with E-state index in [1.807, 2.05) is 6.92 Å². The van der Waals surface area contributed by atoms with Crippen molar-refractivity contribution in [3.63, 3.8) is 0 Å². The van der Waals surface area contributed by atoms with Gasteiger partial charge in [-0.05, 0) is 50.2 Å². The average molecular weight is 336 g/mol. The fourth-order valence-corrected chi connectivity index (χ4v) is 2.04. The summed E-state index contributed by atoms with van der Waals surface area (Å²) < 4.78 is 5.34. The van der Waals surface area contributed by atoms with Gasteiger partial charge in [0.1, 0.15) is 5.75 Å². The van der Waals surface area contributed by atoms with Crippen molar-refractivity contribution in [1.29, 1.82) is 0 Å². The van der Waals surface area contributed by atoms with Gasteiger partial charge in [0, 0.05) is 16.8 Å². The van der Waals surface area contributed by atoms with Crippen LogP contribution >= 0.6 is 0 Å². The highest BCUT2D eigenvalue weighted by Gasteiger charge is 2.00. The number of hydrogen-bond acceptors (Lipinski definition) is 3. The molecule has 5 heteroatoms. The van der Waals surface area contributed by atoms with Crippen LogP contribution in [0.4, 0.5) is 10.5 Å². The van der Waals surface area contributed by atoms with E-state index in [-0.39, 0.29) is 18.4 Å². The van der Waals surface area contributed by atoms with Crippen LogP contribution in [0, 0.1) is 11.8 Å². The number of ether oxygens (including phenoxy) is 1. The monoisotopic (exact) mass is 336 g/mol. The highest BCUT2D eigenvalue weighted by Crippen LogP contribution is 2.15. The number of carbonyl (C=O) groups excluding carboxylic acids is 2. The van der Waals surface area contributed by atoms with Gasteiger partial charge < -0.3 is 15.4 Å². The van der Waals surface area contributed by atoms with E-state index in [1.165, 1.54) is 6.92 Å². The molecule has 0 heterocycles. The summed E-state index contributed by atoms with van der Waals surface area (Å²) in [7, 11) is 0. The molecule has 2 amide bonds. The Balaban J connectivity index is 1.79. The summed E-state index contributed by atoms with van der Waals surface area (Å²) in [6, 6.07) is 13.8. The minimum Gasteiger partial charge on any atom is -0.494 e. The third-order valence-corrected chi connectivity index (χ3v) is 3.28. The molecule has 0 aromatic heterocycles. The topological polar surface area (TPSA) is 67.4 Å². The lowest BCUT2D eigenvalue weighted by Crippen LogP contribution is -2.28. The molecular formula is C20H20N2O3. The molecule has 0 atom stereocenters. The predicted molar refractivity (Wildman–Crippen MR) is 98.0 cm³/mol. The number of ketones is 1. The van der Waals surface area contributed by atoms with E-state index in [0.29, 0.717) is 17.9 Å². The van der Waals surface area contributed by atoms with Gasteiger partial charge in [-0.15, -0.1) is 0 Å². The fraction of sp³-hybridized carbons (Fsp3) is 0.200. The largest absolute Gasteiger partial charge is 0.494 e. The van der Waals surface area contributed by atoms with E-state index in [0.717, 1.165) is 11.3 Å². The average Bonchev–Trinajstić information content (AvgIpc) is 2.61. The molecule has 0 fully saturated rings. The van der Waals surface area contributed by atoms with Gasteiger partial charge in [0.2, 0.25) is 0 Å². The zero-order valence-electron chi connectivity index (χ0n) is 14.3. The molecule has 0 spiro atoms. The van der Waals surface area contributed by atoms with Crippen LogP contribution < -0.4 is 15.4 Å². The lowest BCUT2D eigenvalue weighted by Gasteiger charge is -2.07. The van der Waals surface area contributed by atoms with E-state index in [9.17, 15) is 9.59 Å². The van der Waals surface area contributed by atoms with Crippen LogP contribution in [-0.4, -0.2) is 25.0 Å².